The molecule has 1 saturated carbocycles. The normalized spacial score (nSPS) is 19.3. The number of likely N-dealkylation sites (N-methyl/N-ethyl adjacent to an activating group) is 2. The number of hydrogen-bond donors (Lipinski definition) is 0. The number of nitriles is 1. The molecular formula is C13H23N3O. The summed E-state index contributed by atoms with van der Waals surface area (Å²) in [6.07, 6.45) is 2.46. The van der Waals surface area contributed by atoms with Crippen LogP contribution in [-0.4, -0.2) is 48.9 Å². The summed E-state index contributed by atoms with van der Waals surface area (Å²) in [7, 11) is 4.00. The highest BCUT2D eigenvalue weighted by Crippen LogP contribution is 2.42. The van der Waals surface area contributed by atoms with Crippen LogP contribution in [-0.2, 0) is 4.79 Å². The fraction of sp³-hybridized carbons (Fsp3) is 0.846. The second-order valence-corrected chi connectivity index (χ2v) is 5.25. The molecule has 96 valence electrons. The Morgan fingerprint density at radius 3 is 2.35 bits per heavy atom. The Morgan fingerprint density at radius 1 is 1.47 bits per heavy atom. The number of nitrogens with zero attached hydrogens (tertiary/aromatic N) is 3. The van der Waals surface area contributed by atoms with E-state index in [1.165, 1.54) is 0 Å². The van der Waals surface area contributed by atoms with Gasteiger partial charge < -0.3 is 9.80 Å². The lowest BCUT2D eigenvalue weighted by Gasteiger charge is -2.40. The van der Waals surface area contributed by atoms with Gasteiger partial charge in [0.2, 0.25) is 5.91 Å². The molecular weight excluding hydrogens is 214 g/mol. The van der Waals surface area contributed by atoms with Crippen LogP contribution >= 0.6 is 0 Å². The van der Waals surface area contributed by atoms with Gasteiger partial charge in [0.15, 0.2) is 0 Å². The molecule has 1 atom stereocenters. The monoisotopic (exact) mass is 237 g/mol. The largest absolute Gasteiger partial charge is 0.338 e. The van der Waals surface area contributed by atoms with Crippen molar-refractivity contribution in [2.24, 2.45) is 5.41 Å². The lowest BCUT2D eigenvalue weighted by Crippen LogP contribution is -2.52. The van der Waals surface area contributed by atoms with Gasteiger partial charge in [0, 0.05) is 19.1 Å². The average molecular weight is 237 g/mol. The van der Waals surface area contributed by atoms with Crippen LogP contribution in [0.1, 0.15) is 33.1 Å². The van der Waals surface area contributed by atoms with E-state index in [2.05, 4.69) is 11.0 Å². The molecule has 1 unspecified atom stereocenters. The smallest absolute Gasteiger partial charge is 0.243 e. The molecule has 1 aliphatic rings. The number of carbonyl (C=O) groups excluding carboxylic acids is 1. The van der Waals surface area contributed by atoms with Gasteiger partial charge in [-0.3, -0.25) is 4.79 Å². The van der Waals surface area contributed by atoms with E-state index >= 15 is 0 Å². The van der Waals surface area contributed by atoms with Crippen molar-refractivity contribution in [3.05, 3.63) is 0 Å². The minimum absolute atomic E-state index is 0.0306. The fourth-order valence-corrected chi connectivity index (χ4v) is 2.46. The molecule has 0 N–H and O–H groups in total. The van der Waals surface area contributed by atoms with E-state index in [1.54, 1.807) is 0 Å². The van der Waals surface area contributed by atoms with Gasteiger partial charge in [0.1, 0.15) is 5.41 Å². The third-order valence-electron chi connectivity index (χ3n) is 3.59. The molecule has 4 heteroatoms. The van der Waals surface area contributed by atoms with Gasteiger partial charge in [-0.25, -0.2) is 0 Å². The summed E-state index contributed by atoms with van der Waals surface area (Å²) in [6.45, 7) is 5.54. The lowest BCUT2D eigenvalue weighted by atomic mass is 9.69. The summed E-state index contributed by atoms with van der Waals surface area (Å²) < 4.78 is 0. The average Bonchev–Trinajstić information content (AvgIpc) is 2.16. The maximum Gasteiger partial charge on any atom is 0.243 e. The molecule has 0 bridgehead atoms. The van der Waals surface area contributed by atoms with Crippen molar-refractivity contribution in [3.8, 4) is 6.07 Å². The van der Waals surface area contributed by atoms with E-state index in [4.69, 9.17) is 0 Å². The summed E-state index contributed by atoms with van der Waals surface area (Å²) in [4.78, 5) is 16.3. The van der Waals surface area contributed by atoms with Crippen molar-refractivity contribution in [3.63, 3.8) is 0 Å². The van der Waals surface area contributed by atoms with Crippen molar-refractivity contribution >= 4 is 5.91 Å². The SMILES string of the molecule is CCN(C(=O)C1(C#N)CCC1)C(C)CN(C)C. The van der Waals surface area contributed by atoms with Gasteiger partial charge in [-0.2, -0.15) is 5.26 Å². The molecule has 0 aromatic heterocycles. The minimum atomic E-state index is -0.712. The minimum Gasteiger partial charge on any atom is -0.338 e. The standard InChI is InChI=1S/C13H23N3O/c1-5-16(11(2)9-15(3)4)12(17)13(10-14)7-6-8-13/h11H,5-9H2,1-4H3. The molecule has 0 radical (unpaired) electrons. The molecule has 0 heterocycles. The molecule has 0 aromatic rings. The summed E-state index contributed by atoms with van der Waals surface area (Å²) in [5.41, 5.74) is -0.712. The topological polar surface area (TPSA) is 47.3 Å². The van der Waals surface area contributed by atoms with Gasteiger partial charge in [-0.1, -0.05) is 0 Å². The van der Waals surface area contributed by atoms with E-state index in [0.29, 0.717) is 6.54 Å². The van der Waals surface area contributed by atoms with Crippen LogP contribution in [0.15, 0.2) is 0 Å². The first-order chi connectivity index (χ1) is 7.96. The van der Waals surface area contributed by atoms with E-state index < -0.39 is 5.41 Å². The molecule has 1 aliphatic carbocycles. The first kappa shape index (κ1) is 14.0. The Balaban J connectivity index is 2.74. The summed E-state index contributed by atoms with van der Waals surface area (Å²) >= 11 is 0. The third-order valence-corrected chi connectivity index (χ3v) is 3.59. The van der Waals surface area contributed by atoms with Crippen molar-refractivity contribution in [2.75, 3.05) is 27.2 Å². The van der Waals surface area contributed by atoms with Crippen LogP contribution in [0.2, 0.25) is 0 Å². The van der Waals surface area contributed by atoms with Crippen LogP contribution in [0.5, 0.6) is 0 Å². The molecule has 1 fully saturated rings. The highest BCUT2D eigenvalue weighted by molar-refractivity contribution is 5.86. The molecule has 0 saturated heterocycles. The van der Waals surface area contributed by atoms with Crippen molar-refractivity contribution in [1.29, 1.82) is 5.26 Å². The van der Waals surface area contributed by atoms with Crippen LogP contribution in [0.4, 0.5) is 0 Å². The van der Waals surface area contributed by atoms with E-state index in [-0.39, 0.29) is 11.9 Å². The molecule has 0 spiro atoms. The molecule has 1 rings (SSSR count). The van der Waals surface area contributed by atoms with Crippen molar-refractivity contribution < 1.29 is 4.79 Å². The van der Waals surface area contributed by atoms with Crippen molar-refractivity contribution in [2.45, 2.75) is 39.2 Å². The Bertz CT molecular complexity index is 315. The molecule has 4 nitrogen and oxygen atoms in total. The highest BCUT2D eigenvalue weighted by atomic mass is 16.2. The van der Waals surface area contributed by atoms with Gasteiger partial charge in [0.25, 0.3) is 0 Å². The Morgan fingerprint density at radius 2 is 2.06 bits per heavy atom. The Kier molecular flexibility index (Phi) is 4.53. The Labute approximate surface area is 104 Å². The van der Waals surface area contributed by atoms with Gasteiger partial charge in [0.05, 0.1) is 6.07 Å². The van der Waals surface area contributed by atoms with E-state index in [0.717, 1.165) is 25.8 Å². The third kappa shape index (κ3) is 2.78. The van der Waals surface area contributed by atoms with Crippen LogP contribution < -0.4 is 0 Å². The molecule has 0 aromatic carbocycles. The van der Waals surface area contributed by atoms with Crippen molar-refractivity contribution in [1.82, 2.24) is 9.80 Å². The van der Waals surface area contributed by atoms with E-state index in [9.17, 15) is 10.1 Å². The molecule has 0 aliphatic heterocycles. The zero-order valence-electron chi connectivity index (χ0n) is 11.4. The van der Waals surface area contributed by atoms with Gasteiger partial charge in [-0.15, -0.1) is 0 Å². The Hall–Kier alpha value is -1.08. The summed E-state index contributed by atoms with van der Waals surface area (Å²) in [5, 5.41) is 9.21. The van der Waals surface area contributed by atoms with Gasteiger partial charge >= 0.3 is 0 Å². The first-order valence-corrected chi connectivity index (χ1v) is 6.34. The van der Waals surface area contributed by atoms with Crippen LogP contribution in [0.25, 0.3) is 0 Å². The lowest BCUT2D eigenvalue weighted by molar-refractivity contribution is -0.145. The van der Waals surface area contributed by atoms with Crippen LogP contribution in [0, 0.1) is 16.7 Å². The maximum atomic E-state index is 12.4. The molecule has 1 amide bonds. The highest BCUT2D eigenvalue weighted by Gasteiger charge is 2.47. The van der Waals surface area contributed by atoms with E-state index in [1.807, 2.05) is 32.8 Å². The fourth-order valence-electron chi connectivity index (χ4n) is 2.46. The summed E-state index contributed by atoms with van der Waals surface area (Å²) in [6, 6.07) is 2.39. The second-order valence-electron chi connectivity index (χ2n) is 5.25. The van der Waals surface area contributed by atoms with Gasteiger partial charge in [-0.05, 0) is 47.2 Å². The quantitative estimate of drug-likeness (QED) is 0.727. The number of hydrogen-bond acceptors (Lipinski definition) is 3. The first-order valence-electron chi connectivity index (χ1n) is 6.34. The zero-order chi connectivity index (χ0) is 13.1. The maximum absolute atomic E-state index is 12.4. The molecule has 17 heavy (non-hydrogen) atoms. The predicted octanol–water partition coefficient (Wildman–Crippen LogP) is 1.48. The number of carbonyl (C=O) groups is 1. The number of rotatable bonds is 5. The zero-order valence-corrected chi connectivity index (χ0v) is 11.4. The van der Waals surface area contributed by atoms with Crippen LogP contribution in [0.3, 0.4) is 0 Å². The summed E-state index contributed by atoms with van der Waals surface area (Å²) in [5.74, 6) is 0.0306. The second kappa shape index (κ2) is 5.50. The number of amides is 1. The predicted molar refractivity (Wildman–Crippen MR) is 67.3 cm³/mol.